The molecule has 0 amide bonds. The Balaban J connectivity index is 2.36. The monoisotopic (exact) mass is 274 g/mol. The number of aryl methyl sites for hydroxylation is 1. The molecule has 0 saturated heterocycles. The summed E-state index contributed by atoms with van der Waals surface area (Å²) in [7, 11) is 3.37. The molecule has 2 aromatic carbocycles. The summed E-state index contributed by atoms with van der Waals surface area (Å²) < 4.78 is 10.7. The van der Waals surface area contributed by atoms with Gasteiger partial charge in [0.1, 0.15) is 11.5 Å². The van der Waals surface area contributed by atoms with Gasteiger partial charge < -0.3 is 9.47 Å². The lowest BCUT2D eigenvalue weighted by atomic mass is 10.2. The summed E-state index contributed by atoms with van der Waals surface area (Å²) in [5.74, 6) is 1.72. The van der Waals surface area contributed by atoms with Crippen molar-refractivity contribution in [3.05, 3.63) is 48.0 Å². The maximum atomic E-state index is 5.41. The summed E-state index contributed by atoms with van der Waals surface area (Å²) in [5, 5.41) is 0. The Kier molecular flexibility index (Phi) is 4.74. The van der Waals surface area contributed by atoms with Crippen LogP contribution in [-0.2, 0) is 6.42 Å². The second-order valence-electron chi connectivity index (χ2n) is 4.08. The van der Waals surface area contributed by atoms with Gasteiger partial charge in [-0.1, -0.05) is 36.9 Å². The SMILES string of the molecule is CCc1ccccc1Sc1cc(OC)ccc1OC. The van der Waals surface area contributed by atoms with Crippen LogP contribution in [0.25, 0.3) is 0 Å². The highest BCUT2D eigenvalue weighted by atomic mass is 32.2. The number of ether oxygens (including phenoxy) is 2. The molecule has 0 bridgehead atoms. The third kappa shape index (κ3) is 3.24. The Morgan fingerprint density at radius 1 is 0.947 bits per heavy atom. The zero-order valence-electron chi connectivity index (χ0n) is 11.5. The zero-order chi connectivity index (χ0) is 13.7. The van der Waals surface area contributed by atoms with E-state index in [4.69, 9.17) is 9.47 Å². The van der Waals surface area contributed by atoms with Crippen LogP contribution in [0.4, 0.5) is 0 Å². The molecule has 0 aromatic heterocycles. The highest BCUT2D eigenvalue weighted by Gasteiger charge is 2.09. The molecule has 2 aromatic rings. The lowest BCUT2D eigenvalue weighted by molar-refractivity contribution is 0.394. The minimum absolute atomic E-state index is 0.845. The summed E-state index contributed by atoms with van der Waals surface area (Å²) in [5.41, 5.74) is 1.34. The molecule has 0 aliphatic heterocycles. The van der Waals surface area contributed by atoms with Gasteiger partial charge in [0.25, 0.3) is 0 Å². The van der Waals surface area contributed by atoms with E-state index in [-0.39, 0.29) is 0 Å². The average Bonchev–Trinajstić information content (AvgIpc) is 2.47. The molecule has 0 aliphatic rings. The van der Waals surface area contributed by atoms with Crippen molar-refractivity contribution in [2.45, 2.75) is 23.1 Å². The van der Waals surface area contributed by atoms with Gasteiger partial charge in [-0.15, -0.1) is 0 Å². The summed E-state index contributed by atoms with van der Waals surface area (Å²) in [6, 6.07) is 14.3. The number of methoxy groups -OCH3 is 2. The molecule has 0 atom stereocenters. The number of rotatable bonds is 5. The molecule has 0 spiro atoms. The Bertz CT molecular complexity index is 552. The van der Waals surface area contributed by atoms with Crippen LogP contribution in [0.2, 0.25) is 0 Å². The summed E-state index contributed by atoms with van der Waals surface area (Å²) in [6.07, 6.45) is 1.02. The average molecular weight is 274 g/mol. The summed E-state index contributed by atoms with van der Waals surface area (Å²) >= 11 is 1.71. The summed E-state index contributed by atoms with van der Waals surface area (Å²) in [6.45, 7) is 2.17. The lowest BCUT2D eigenvalue weighted by Crippen LogP contribution is -1.90. The molecule has 0 fully saturated rings. The molecule has 0 heterocycles. The second kappa shape index (κ2) is 6.53. The molecule has 2 nitrogen and oxygen atoms in total. The Hall–Kier alpha value is -1.61. The minimum Gasteiger partial charge on any atom is -0.497 e. The van der Waals surface area contributed by atoms with Crippen LogP contribution in [0.5, 0.6) is 11.5 Å². The standard InChI is InChI=1S/C16H18O2S/c1-4-12-7-5-6-8-15(12)19-16-11-13(17-2)9-10-14(16)18-3/h5-11H,4H2,1-3H3. The number of hydrogen-bond donors (Lipinski definition) is 0. The van der Waals surface area contributed by atoms with E-state index >= 15 is 0 Å². The van der Waals surface area contributed by atoms with E-state index < -0.39 is 0 Å². The van der Waals surface area contributed by atoms with Gasteiger partial charge in [0.05, 0.1) is 19.1 Å². The van der Waals surface area contributed by atoms with Gasteiger partial charge in [-0.05, 0) is 36.2 Å². The van der Waals surface area contributed by atoms with E-state index in [2.05, 4.69) is 31.2 Å². The van der Waals surface area contributed by atoms with Gasteiger partial charge >= 0.3 is 0 Å². The largest absolute Gasteiger partial charge is 0.497 e. The van der Waals surface area contributed by atoms with E-state index in [0.29, 0.717) is 0 Å². The van der Waals surface area contributed by atoms with Crippen molar-refractivity contribution < 1.29 is 9.47 Å². The van der Waals surface area contributed by atoms with Crippen molar-refractivity contribution in [2.24, 2.45) is 0 Å². The third-order valence-corrected chi connectivity index (χ3v) is 4.10. The Morgan fingerprint density at radius 2 is 1.74 bits per heavy atom. The molecule has 0 saturated carbocycles. The van der Waals surface area contributed by atoms with Crippen molar-refractivity contribution in [1.82, 2.24) is 0 Å². The molecule has 0 N–H and O–H groups in total. The molecule has 0 unspecified atom stereocenters. The van der Waals surface area contributed by atoms with Crippen molar-refractivity contribution in [1.29, 1.82) is 0 Å². The van der Waals surface area contributed by atoms with Crippen molar-refractivity contribution in [3.8, 4) is 11.5 Å². The van der Waals surface area contributed by atoms with Gasteiger partial charge in [0, 0.05) is 4.90 Å². The molecule has 19 heavy (non-hydrogen) atoms. The summed E-state index contributed by atoms with van der Waals surface area (Å²) in [4.78, 5) is 2.33. The first-order valence-corrected chi connectivity index (χ1v) is 7.08. The fraction of sp³-hybridized carbons (Fsp3) is 0.250. The van der Waals surface area contributed by atoms with E-state index in [1.54, 1.807) is 26.0 Å². The van der Waals surface area contributed by atoms with Crippen LogP contribution >= 0.6 is 11.8 Å². The lowest BCUT2D eigenvalue weighted by Gasteiger charge is -2.12. The normalized spacial score (nSPS) is 10.3. The number of benzene rings is 2. The quantitative estimate of drug-likeness (QED) is 0.804. The number of hydrogen-bond acceptors (Lipinski definition) is 3. The van der Waals surface area contributed by atoms with Crippen LogP contribution in [0, 0.1) is 0 Å². The van der Waals surface area contributed by atoms with Gasteiger partial charge in [-0.25, -0.2) is 0 Å². The predicted octanol–water partition coefficient (Wildman–Crippen LogP) is 4.42. The smallest absolute Gasteiger partial charge is 0.133 e. The van der Waals surface area contributed by atoms with Crippen LogP contribution < -0.4 is 9.47 Å². The molecule has 3 heteroatoms. The van der Waals surface area contributed by atoms with Gasteiger partial charge in [0.15, 0.2) is 0 Å². The van der Waals surface area contributed by atoms with Crippen LogP contribution in [-0.4, -0.2) is 14.2 Å². The first-order chi connectivity index (χ1) is 9.28. The highest BCUT2D eigenvalue weighted by Crippen LogP contribution is 2.38. The van der Waals surface area contributed by atoms with Crippen LogP contribution in [0.1, 0.15) is 12.5 Å². The van der Waals surface area contributed by atoms with E-state index in [0.717, 1.165) is 22.8 Å². The maximum absolute atomic E-state index is 5.41. The molecular weight excluding hydrogens is 256 g/mol. The fourth-order valence-corrected chi connectivity index (χ4v) is 3.03. The zero-order valence-corrected chi connectivity index (χ0v) is 12.3. The third-order valence-electron chi connectivity index (χ3n) is 2.94. The van der Waals surface area contributed by atoms with Crippen molar-refractivity contribution >= 4 is 11.8 Å². The van der Waals surface area contributed by atoms with Crippen molar-refractivity contribution in [2.75, 3.05) is 14.2 Å². The first kappa shape index (κ1) is 13.8. The van der Waals surface area contributed by atoms with E-state index in [1.807, 2.05) is 18.2 Å². The highest BCUT2D eigenvalue weighted by molar-refractivity contribution is 7.99. The second-order valence-corrected chi connectivity index (χ2v) is 5.16. The minimum atomic E-state index is 0.845. The van der Waals surface area contributed by atoms with Crippen LogP contribution in [0.15, 0.2) is 52.3 Å². The molecule has 0 radical (unpaired) electrons. The first-order valence-electron chi connectivity index (χ1n) is 6.26. The van der Waals surface area contributed by atoms with Gasteiger partial charge in [-0.2, -0.15) is 0 Å². The Morgan fingerprint density at radius 3 is 2.42 bits per heavy atom. The van der Waals surface area contributed by atoms with Gasteiger partial charge in [0.2, 0.25) is 0 Å². The fourth-order valence-electron chi connectivity index (χ4n) is 1.88. The van der Waals surface area contributed by atoms with E-state index in [1.165, 1.54) is 10.5 Å². The Labute approximate surface area is 118 Å². The predicted molar refractivity (Wildman–Crippen MR) is 79.5 cm³/mol. The van der Waals surface area contributed by atoms with Crippen LogP contribution in [0.3, 0.4) is 0 Å². The van der Waals surface area contributed by atoms with Gasteiger partial charge in [-0.3, -0.25) is 0 Å². The molecular formula is C16H18O2S. The van der Waals surface area contributed by atoms with Crippen molar-refractivity contribution in [3.63, 3.8) is 0 Å². The molecule has 0 aliphatic carbocycles. The topological polar surface area (TPSA) is 18.5 Å². The molecule has 2 rings (SSSR count). The molecule has 100 valence electrons. The maximum Gasteiger partial charge on any atom is 0.133 e. The van der Waals surface area contributed by atoms with E-state index in [9.17, 15) is 0 Å².